The molecule has 4 nitrogen and oxygen atoms in total. The van der Waals surface area contributed by atoms with Gasteiger partial charge in [-0.2, -0.15) is 0 Å². The van der Waals surface area contributed by atoms with Crippen molar-refractivity contribution in [3.05, 3.63) is 23.8 Å². The smallest absolute Gasteiger partial charge is 0.231 e. The van der Waals surface area contributed by atoms with Crippen molar-refractivity contribution in [1.29, 1.82) is 0 Å². The van der Waals surface area contributed by atoms with Gasteiger partial charge in [0.15, 0.2) is 0 Å². The minimum absolute atomic E-state index is 0.00762. The van der Waals surface area contributed by atoms with Crippen molar-refractivity contribution in [2.75, 3.05) is 19.0 Å². The third kappa shape index (κ3) is 3.97. The molecular formula is C17H28N2O2. The normalized spacial score (nSPS) is 14.4. The summed E-state index contributed by atoms with van der Waals surface area (Å²) in [6.07, 6.45) is 0.691. The Morgan fingerprint density at radius 1 is 1.29 bits per heavy atom. The molecule has 0 spiro atoms. The fraction of sp³-hybridized carbons (Fsp3) is 0.588. The van der Waals surface area contributed by atoms with E-state index in [-0.39, 0.29) is 11.3 Å². The molecule has 1 atom stereocenters. The highest BCUT2D eigenvalue weighted by atomic mass is 16.5. The summed E-state index contributed by atoms with van der Waals surface area (Å²) in [7, 11) is 1.60. The first-order valence-electron chi connectivity index (χ1n) is 7.38. The second-order valence-corrected chi connectivity index (χ2v) is 6.74. The summed E-state index contributed by atoms with van der Waals surface area (Å²) < 4.78 is 5.35. The summed E-state index contributed by atoms with van der Waals surface area (Å²) in [5.41, 5.74) is 7.03. The quantitative estimate of drug-likeness (QED) is 0.875. The van der Waals surface area contributed by atoms with E-state index in [9.17, 15) is 4.79 Å². The second kappa shape index (κ2) is 6.48. The molecule has 0 heterocycles. The fourth-order valence-corrected chi connectivity index (χ4v) is 1.94. The van der Waals surface area contributed by atoms with E-state index in [2.05, 4.69) is 26.1 Å². The van der Waals surface area contributed by atoms with Gasteiger partial charge >= 0.3 is 0 Å². The molecule has 4 heteroatoms. The lowest BCUT2D eigenvalue weighted by Crippen LogP contribution is -2.39. The van der Waals surface area contributed by atoms with Crippen LogP contribution in [0.25, 0.3) is 0 Å². The zero-order chi connectivity index (χ0) is 16.3. The highest BCUT2D eigenvalue weighted by molar-refractivity contribution is 5.96. The molecule has 0 aromatic heterocycles. The van der Waals surface area contributed by atoms with Gasteiger partial charge < -0.3 is 15.8 Å². The van der Waals surface area contributed by atoms with Crippen LogP contribution in [-0.4, -0.2) is 19.6 Å². The van der Waals surface area contributed by atoms with E-state index < -0.39 is 5.41 Å². The Morgan fingerprint density at radius 2 is 1.90 bits per heavy atom. The molecule has 0 fully saturated rings. The minimum Gasteiger partial charge on any atom is -0.495 e. The van der Waals surface area contributed by atoms with Gasteiger partial charge in [-0.1, -0.05) is 33.8 Å². The molecule has 0 aliphatic rings. The van der Waals surface area contributed by atoms with Crippen molar-refractivity contribution >= 4 is 11.6 Å². The van der Waals surface area contributed by atoms with Gasteiger partial charge in [-0.25, -0.2) is 0 Å². The molecule has 3 N–H and O–H groups in total. The Labute approximate surface area is 128 Å². The number of hydrogen-bond acceptors (Lipinski definition) is 3. The number of amides is 1. The van der Waals surface area contributed by atoms with E-state index in [0.717, 1.165) is 5.56 Å². The Balaban J connectivity index is 3.14. The molecule has 0 saturated carbocycles. The average molecular weight is 292 g/mol. The third-order valence-electron chi connectivity index (χ3n) is 4.09. The number of methoxy groups -OCH3 is 1. The van der Waals surface area contributed by atoms with Crippen molar-refractivity contribution in [2.45, 2.75) is 46.5 Å². The summed E-state index contributed by atoms with van der Waals surface area (Å²) in [5.74, 6) is 0.587. The van der Waals surface area contributed by atoms with Crippen LogP contribution in [0.4, 0.5) is 5.69 Å². The number of carbonyl (C=O) groups excluding carboxylic acids is 1. The summed E-state index contributed by atoms with van der Waals surface area (Å²) in [5, 5.41) is 2.97. The molecule has 21 heavy (non-hydrogen) atoms. The predicted octanol–water partition coefficient (Wildman–Crippen LogP) is 3.31. The van der Waals surface area contributed by atoms with E-state index in [1.165, 1.54) is 0 Å². The van der Waals surface area contributed by atoms with E-state index in [1.54, 1.807) is 7.11 Å². The predicted molar refractivity (Wildman–Crippen MR) is 87.8 cm³/mol. The van der Waals surface area contributed by atoms with Crippen LogP contribution >= 0.6 is 0 Å². The molecule has 1 amide bonds. The van der Waals surface area contributed by atoms with Gasteiger partial charge in [0.1, 0.15) is 5.75 Å². The Kier molecular flexibility index (Phi) is 5.40. The van der Waals surface area contributed by atoms with Gasteiger partial charge in [0, 0.05) is 6.54 Å². The molecule has 1 unspecified atom stereocenters. The number of benzene rings is 1. The van der Waals surface area contributed by atoms with Crippen LogP contribution < -0.4 is 15.8 Å². The molecule has 0 aliphatic heterocycles. The Hall–Kier alpha value is -1.55. The third-order valence-corrected chi connectivity index (χ3v) is 4.09. The van der Waals surface area contributed by atoms with Gasteiger partial charge in [-0.3, -0.25) is 4.79 Å². The Bertz CT molecular complexity index is 500. The van der Waals surface area contributed by atoms with Crippen LogP contribution in [0.15, 0.2) is 18.2 Å². The van der Waals surface area contributed by atoms with Crippen LogP contribution in [0.1, 0.15) is 46.6 Å². The molecule has 0 aliphatic carbocycles. The topological polar surface area (TPSA) is 64.4 Å². The number of nitrogens with two attached hydrogens (primary N) is 1. The Morgan fingerprint density at radius 3 is 2.33 bits per heavy atom. The maximum absolute atomic E-state index is 12.5. The molecule has 0 bridgehead atoms. The molecule has 0 saturated heterocycles. The lowest BCUT2D eigenvalue weighted by atomic mass is 9.85. The van der Waals surface area contributed by atoms with Crippen LogP contribution in [0.3, 0.4) is 0 Å². The zero-order valence-electron chi connectivity index (χ0n) is 14.0. The van der Waals surface area contributed by atoms with E-state index in [0.29, 0.717) is 24.4 Å². The maximum Gasteiger partial charge on any atom is 0.231 e. The molecule has 0 radical (unpaired) electrons. The van der Waals surface area contributed by atoms with E-state index in [1.807, 2.05) is 32.0 Å². The van der Waals surface area contributed by atoms with Crippen LogP contribution in [0, 0.1) is 5.41 Å². The number of nitrogens with one attached hydrogen (secondary N) is 1. The van der Waals surface area contributed by atoms with Crippen molar-refractivity contribution in [2.24, 2.45) is 11.1 Å². The first kappa shape index (κ1) is 17.5. The highest BCUT2D eigenvalue weighted by Gasteiger charge is 2.30. The standard InChI is InChI=1S/C17H28N2O2/c1-7-17(5,11-18)15(20)19-13-10-12(16(2,3)4)8-9-14(13)21-6/h8-10H,7,11,18H2,1-6H3,(H,19,20). The van der Waals surface area contributed by atoms with E-state index in [4.69, 9.17) is 10.5 Å². The van der Waals surface area contributed by atoms with Crippen LogP contribution in [0.2, 0.25) is 0 Å². The second-order valence-electron chi connectivity index (χ2n) is 6.74. The fourth-order valence-electron chi connectivity index (χ4n) is 1.94. The summed E-state index contributed by atoms with van der Waals surface area (Å²) >= 11 is 0. The van der Waals surface area contributed by atoms with Crippen molar-refractivity contribution in [3.8, 4) is 5.75 Å². The summed E-state index contributed by atoms with van der Waals surface area (Å²) in [6.45, 7) is 10.6. The number of anilines is 1. The molecule has 118 valence electrons. The van der Waals surface area contributed by atoms with Crippen molar-refractivity contribution in [1.82, 2.24) is 0 Å². The van der Waals surface area contributed by atoms with Gasteiger partial charge in [0.25, 0.3) is 0 Å². The number of carbonyl (C=O) groups is 1. The summed E-state index contributed by atoms with van der Waals surface area (Å²) in [4.78, 5) is 12.5. The van der Waals surface area contributed by atoms with Crippen LogP contribution in [0.5, 0.6) is 5.75 Å². The number of rotatable bonds is 5. The van der Waals surface area contributed by atoms with Gasteiger partial charge in [0.2, 0.25) is 5.91 Å². The van der Waals surface area contributed by atoms with Gasteiger partial charge in [-0.15, -0.1) is 0 Å². The molecule has 1 aromatic carbocycles. The van der Waals surface area contributed by atoms with Crippen LogP contribution in [-0.2, 0) is 10.2 Å². The zero-order valence-corrected chi connectivity index (χ0v) is 14.0. The first-order valence-corrected chi connectivity index (χ1v) is 7.38. The van der Waals surface area contributed by atoms with Gasteiger partial charge in [-0.05, 0) is 36.5 Å². The van der Waals surface area contributed by atoms with Crippen molar-refractivity contribution < 1.29 is 9.53 Å². The first-order chi connectivity index (χ1) is 9.67. The molecule has 1 rings (SSSR count). The monoisotopic (exact) mass is 292 g/mol. The molecular weight excluding hydrogens is 264 g/mol. The number of hydrogen-bond donors (Lipinski definition) is 2. The highest BCUT2D eigenvalue weighted by Crippen LogP contribution is 2.32. The minimum atomic E-state index is -0.567. The maximum atomic E-state index is 12.5. The molecule has 1 aromatic rings. The van der Waals surface area contributed by atoms with Crippen molar-refractivity contribution in [3.63, 3.8) is 0 Å². The largest absolute Gasteiger partial charge is 0.495 e. The summed E-state index contributed by atoms with van der Waals surface area (Å²) in [6, 6.07) is 5.89. The number of ether oxygens (including phenoxy) is 1. The average Bonchev–Trinajstić information content (AvgIpc) is 2.45. The SMILES string of the molecule is CCC(C)(CN)C(=O)Nc1cc(C(C)(C)C)ccc1OC. The lowest BCUT2D eigenvalue weighted by Gasteiger charge is -2.26. The van der Waals surface area contributed by atoms with Gasteiger partial charge in [0.05, 0.1) is 18.2 Å². The lowest BCUT2D eigenvalue weighted by molar-refractivity contribution is -0.124. The van der Waals surface area contributed by atoms with E-state index >= 15 is 0 Å².